The molecule has 50 heavy (non-hydrogen) atoms. The summed E-state index contributed by atoms with van der Waals surface area (Å²) in [5.41, 5.74) is 2.30. The van der Waals surface area contributed by atoms with Crippen LogP contribution in [0.5, 0.6) is 23.0 Å². The summed E-state index contributed by atoms with van der Waals surface area (Å²) in [6.07, 6.45) is 0. The van der Waals surface area contributed by atoms with Crippen LogP contribution in [0.3, 0.4) is 0 Å². The maximum absolute atomic E-state index is 16.2. The Morgan fingerprint density at radius 2 is 1.02 bits per heavy atom. The Bertz CT molecular complexity index is 2190. The zero-order chi connectivity index (χ0) is 33.8. The molecule has 5 aromatic rings. The van der Waals surface area contributed by atoms with E-state index >= 15 is 14.4 Å². The highest BCUT2D eigenvalue weighted by molar-refractivity contribution is 6.39. The number of benzene rings is 5. The number of hydrogen-bond donors (Lipinski definition) is 0. The van der Waals surface area contributed by atoms with Crippen molar-refractivity contribution in [1.29, 1.82) is 0 Å². The minimum Gasteiger partial charge on any atom is -0.454 e. The van der Waals surface area contributed by atoms with Crippen molar-refractivity contribution in [2.75, 3.05) is 18.5 Å². The second kappa shape index (κ2) is 10.2. The smallest absolute Gasteiger partial charge is 0.239 e. The van der Waals surface area contributed by atoms with E-state index in [1.165, 1.54) is 4.90 Å². The monoisotopic (exact) mass is 659 g/mol. The van der Waals surface area contributed by atoms with Gasteiger partial charge in [0, 0.05) is 0 Å². The van der Waals surface area contributed by atoms with Gasteiger partial charge in [0.05, 0.1) is 28.4 Å². The molecule has 3 heterocycles. The molecule has 3 aliphatic heterocycles. The summed E-state index contributed by atoms with van der Waals surface area (Å²) < 4.78 is 23.1. The summed E-state index contributed by atoms with van der Waals surface area (Å²) >= 11 is 0. The maximum Gasteiger partial charge on any atom is 0.239 e. The number of carbonyl (C=O) groups excluding carboxylic acids is 3. The highest BCUT2D eigenvalue weighted by Gasteiger charge is 2.82. The van der Waals surface area contributed by atoms with E-state index in [9.17, 15) is 0 Å². The minimum absolute atomic E-state index is 0.0761. The molecule has 5 aromatic carbocycles. The largest absolute Gasteiger partial charge is 0.454 e. The van der Waals surface area contributed by atoms with Crippen LogP contribution in [0.2, 0.25) is 0 Å². The Balaban J connectivity index is 1.37. The zero-order valence-corrected chi connectivity index (χ0v) is 26.9. The van der Waals surface area contributed by atoms with Gasteiger partial charge in [0.15, 0.2) is 28.8 Å². The number of rotatable bonds is 5. The molecule has 1 saturated carbocycles. The minimum atomic E-state index is -1.55. The third-order valence-electron chi connectivity index (χ3n) is 11.0. The second-order valence-electron chi connectivity index (χ2n) is 13.4. The lowest BCUT2D eigenvalue weighted by atomic mass is 9.59. The van der Waals surface area contributed by atoms with E-state index in [1.54, 1.807) is 6.07 Å². The van der Waals surface area contributed by atoms with Crippen LogP contribution in [0.25, 0.3) is 11.1 Å². The topological polar surface area (TPSA) is 91.4 Å². The third kappa shape index (κ3) is 3.47. The molecule has 8 heteroatoms. The van der Waals surface area contributed by atoms with Gasteiger partial charge in [-0.3, -0.25) is 14.4 Å². The van der Waals surface area contributed by atoms with Crippen LogP contribution in [-0.2, 0) is 25.2 Å². The SMILES string of the molecule is Cc1cccc(N2C(=O)[C@H]3[C@H](C2=O)[C@@]2(c4ccccc4)C(=O)[C@@]3(c3ccccc3)C(c3ccc4c(c3)OCO4)=C2c2ccc3c(c2)OCO3)c1. The van der Waals surface area contributed by atoms with E-state index in [2.05, 4.69) is 0 Å². The molecule has 0 N–H and O–H groups in total. The molecule has 1 saturated heterocycles. The predicted molar refractivity (Wildman–Crippen MR) is 184 cm³/mol. The van der Waals surface area contributed by atoms with E-state index < -0.39 is 34.5 Å². The lowest BCUT2D eigenvalue weighted by Crippen LogP contribution is -2.45. The van der Waals surface area contributed by atoms with Gasteiger partial charge in [0.25, 0.3) is 0 Å². The van der Waals surface area contributed by atoms with Crippen LogP contribution in [0.15, 0.2) is 121 Å². The van der Waals surface area contributed by atoms with Crippen LogP contribution >= 0.6 is 0 Å². The first-order valence-electron chi connectivity index (χ1n) is 16.6. The average molecular weight is 660 g/mol. The molecule has 4 atom stereocenters. The van der Waals surface area contributed by atoms with Gasteiger partial charge in [-0.15, -0.1) is 0 Å². The van der Waals surface area contributed by atoms with E-state index in [0.29, 0.717) is 62.1 Å². The molecule has 0 unspecified atom stereocenters. The zero-order valence-electron chi connectivity index (χ0n) is 26.9. The van der Waals surface area contributed by atoms with Crippen LogP contribution in [0.4, 0.5) is 5.69 Å². The Morgan fingerprint density at radius 1 is 0.540 bits per heavy atom. The number of ether oxygens (including phenoxy) is 4. The molecular formula is C42H29NO7. The number of imide groups is 1. The van der Waals surface area contributed by atoms with Crippen molar-refractivity contribution in [3.8, 4) is 23.0 Å². The highest BCUT2D eigenvalue weighted by atomic mass is 16.7. The van der Waals surface area contributed by atoms with Crippen molar-refractivity contribution in [2.24, 2.45) is 11.8 Å². The summed E-state index contributed by atoms with van der Waals surface area (Å²) in [5.74, 6) is -0.813. The first-order chi connectivity index (χ1) is 24.5. The fourth-order valence-corrected chi connectivity index (χ4v) is 9.25. The van der Waals surface area contributed by atoms with Gasteiger partial charge in [0.1, 0.15) is 0 Å². The fourth-order valence-electron chi connectivity index (χ4n) is 9.25. The molecule has 2 amide bonds. The highest BCUT2D eigenvalue weighted by Crippen LogP contribution is 2.74. The van der Waals surface area contributed by atoms with Crippen molar-refractivity contribution in [1.82, 2.24) is 0 Å². The second-order valence-corrected chi connectivity index (χ2v) is 13.4. The average Bonchev–Trinajstić information content (AvgIpc) is 3.95. The van der Waals surface area contributed by atoms with Gasteiger partial charge in [-0.25, -0.2) is 4.90 Å². The number of fused-ring (bicyclic) bond motifs is 7. The van der Waals surface area contributed by atoms with Crippen molar-refractivity contribution in [2.45, 2.75) is 17.8 Å². The number of anilines is 1. The quantitative estimate of drug-likeness (QED) is 0.196. The molecule has 5 aliphatic rings. The molecule has 10 rings (SSSR count). The third-order valence-corrected chi connectivity index (χ3v) is 11.0. The normalized spacial score (nSPS) is 25.5. The van der Waals surface area contributed by atoms with Gasteiger partial charge in [0.2, 0.25) is 25.4 Å². The molecule has 0 aromatic heterocycles. The fraction of sp³-hybridized carbons (Fsp3) is 0.167. The van der Waals surface area contributed by atoms with Gasteiger partial charge < -0.3 is 18.9 Å². The first kappa shape index (κ1) is 28.8. The predicted octanol–water partition coefficient (Wildman–Crippen LogP) is 6.64. The lowest BCUT2D eigenvalue weighted by Gasteiger charge is -2.39. The Morgan fingerprint density at radius 3 is 1.50 bits per heavy atom. The number of carbonyl (C=O) groups is 3. The van der Waals surface area contributed by atoms with E-state index in [0.717, 1.165) is 5.56 Å². The van der Waals surface area contributed by atoms with Crippen molar-refractivity contribution in [3.05, 3.63) is 149 Å². The molecule has 244 valence electrons. The molecule has 2 fully saturated rings. The van der Waals surface area contributed by atoms with Crippen molar-refractivity contribution in [3.63, 3.8) is 0 Å². The number of hydrogen-bond acceptors (Lipinski definition) is 7. The van der Waals surface area contributed by atoms with E-state index in [4.69, 9.17) is 18.9 Å². The molecule has 0 radical (unpaired) electrons. The first-order valence-corrected chi connectivity index (χ1v) is 16.6. The summed E-state index contributed by atoms with van der Waals surface area (Å²) in [6, 6.07) is 37.6. The molecular weight excluding hydrogens is 630 g/mol. The molecule has 2 bridgehead atoms. The number of ketones is 1. The number of allylic oxidation sites excluding steroid dienone is 2. The summed E-state index contributed by atoms with van der Waals surface area (Å²) in [7, 11) is 0. The van der Waals surface area contributed by atoms with Crippen LogP contribution in [0.1, 0.15) is 27.8 Å². The molecule has 2 aliphatic carbocycles. The van der Waals surface area contributed by atoms with Gasteiger partial charge in [-0.1, -0.05) is 84.9 Å². The van der Waals surface area contributed by atoms with Crippen LogP contribution < -0.4 is 23.8 Å². The van der Waals surface area contributed by atoms with Crippen LogP contribution in [-0.4, -0.2) is 31.2 Å². The van der Waals surface area contributed by atoms with Gasteiger partial charge >= 0.3 is 0 Å². The summed E-state index contributed by atoms with van der Waals surface area (Å²) in [4.78, 5) is 47.9. The number of Topliss-reactive ketones (excluding diaryl/α,β-unsaturated/α-hetero) is 1. The Kier molecular flexibility index (Phi) is 5.87. The Labute approximate surface area is 287 Å². The van der Waals surface area contributed by atoms with Gasteiger partial charge in [-0.2, -0.15) is 0 Å². The maximum atomic E-state index is 16.2. The van der Waals surface area contributed by atoms with Crippen molar-refractivity contribution < 1.29 is 33.3 Å². The standard InChI is InChI=1S/C42H29NO7/c1-24-9-8-14-29(19-24)43-38(44)36-37(39(43)45)42(28-12-6-3-7-13-28)35(26-16-18-31-33(21-26)50-23-48-31)34(25-15-17-30-32(20-25)49-22-47-30)41(36,40(42)46)27-10-4-2-5-11-27/h2-21,36-37H,22-23H2,1H3/t36-,37-,41+,42+/m1/s1. The molecule has 0 spiro atoms. The number of aryl methyl sites for hydroxylation is 1. The van der Waals surface area contributed by atoms with Crippen molar-refractivity contribution >= 4 is 34.4 Å². The van der Waals surface area contributed by atoms with E-state index in [-0.39, 0.29) is 19.4 Å². The number of amides is 2. The van der Waals surface area contributed by atoms with Gasteiger partial charge in [-0.05, 0) is 82.3 Å². The molecule has 8 nitrogen and oxygen atoms in total. The van der Waals surface area contributed by atoms with E-state index in [1.807, 2.05) is 122 Å². The lowest BCUT2D eigenvalue weighted by molar-refractivity contribution is -0.130. The summed E-state index contributed by atoms with van der Waals surface area (Å²) in [6.45, 7) is 2.08. The van der Waals surface area contributed by atoms with Crippen LogP contribution in [0, 0.1) is 18.8 Å². The number of nitrogens with zero attached hydrogens (tertiary/aromatic N) is 1. The summed E-state index contributed by atoms with van der Waals surface area (Å²) in [5, 5.41) is 0. The Hall–Kier alpha value is -6.15.